The number of hydrogen-bond donors (Lipinski definition) is 1. The summed E-state index contributed by atoms with van der Waals surface area (Å²) in [6.45, 7) is 1.86. The van der Waals surface area contributed by atoms with Crippen LogP contribution in [0.1, 0.15) is 25.3 Å². The van der Waals surface area contributed by atoms with Crippen molar-refractivity contribution in [3.63, 3.8) is 0 Å². The van der Waals surface area contributed by atoms with Gasteiger partial charge >= 0.3 is 0 Å². The Morgan fingerprint density at radius 2 is 2.00 bits per heavy atom. The predicted molar refractivity (Wildman–Crippen MR) is 65.6 cm³/mol. The topological polar surface area (TPSA) is 12.0 Å². The zero-order chi connectivity index (χ0) is 11.8. The molecule has 0 fully saturated rings. The minimum Gasteiger partial charge on any atom is -0.317 e. The minimum absolute atomic E-state index is 0.179. The molecule has 1 aromatic carbocycles. The number of halogens is 1. The summed E-state index contributed by atoms with van der Waals surface area (Å²) in [7, 11) is 1.95. The second-order valence-corrected chi connectivity index (χ2v) is 3.78. The molecule has 0 amide bonds. The van der Waals surface area contributed by atoms with Gasteiger partial charge < -0.3 is 5.32 Å². The van der Waals surface area contributed by atoms with Gasteiger partial charge in [-0.1, -0.05) is 12.1 Å². The highest BCUT2D eigenvalue weighted by atomic mass is 19.1. The maximum Gasteiger partial charge on any atom is 0.123 e. The molecule has 1 rings (SSSR count). The van der Waals surface area contributed by atoms with Crippen LogP contribution >= 0.6 is 0 Å². The molecule has 0 saturated carbocycles. The fourth-order valence-corrected chi connectivity index (χ4v) is 1.62. The van der Waals surface area contributed by atoms with E-state index in [-0.39, 0.29) is 5.82 Å². The summed E-state index contributed by atoms with van der Waals surface area (Å²) < 4.78 is 12.7. The molecule has 0 spiro atoms. The Hall–Kier alpha value is -1.33. The van der Waals surface area contributed by atoms with E-state index in [2.05, 4.69) is 17.2 Å². The van der Waals surface area contributed by atoms with Crippen molar-refractivity contribution in [3.05, 3.63) is 35.6 Å². The van der Waals surface area contributed by atoms with E-state index in [1.165, 1.54) is 12.1 Å². The quantitative estimate of drug-likeness (QED) is 0.751. The van der Waals surface area contributed by atoms with Crippen molar-refractivity contribution >= 4 is 0 Å². The standard InChI is InChI=1S/C14H18FN/c1-3-4-5-6-14(16-2)11-12-7-9-13(15)10-8-12/h7-10,14,16H,5-6,11H2,1-2H3. The van der Waals surface area contributed by atoms with Crippen LogP contribution in [-0.4, -0.2) is 13.1 Å². The summed E-state index contributed by atoms with van der Waals surface area (Å²) >= 11 is 0. The molecule has 0 aliphatic rings. The van der Waals surface area contributed by atoms with Gasteiger partial charge in [0, 0.05) is 12.5 Å². The van der Waals surface area contributed by atoms with Gasteiger partial charge in [0.2, 0.25) is 0 Å². The Bertz CT molecular complexity index is 359. The lowest BCUT2D eigenvalue weighted by Gasteiger charge is -2.14. The van der Waals surface area contributed by atoms with Gasteiger partial charge in [-0.05, 0) is 44.5 Å². The van der Waals surface area contributed by atoms with E-state index in [1.54, 1.807) is 0 Å². The van der Waals surface area contributed by atoms with E-state index in [0.29, 0.717) is 6.04 Å². The van der Waals surface area contributed by atoms with Crippen molar-refractivity contribution < 1.29 is 4.39 Å². The fraction of sp³-hybridized carbons (Fsp3) is 0.429. The lowest BCUT2D eigenvalue weighted by Crippen LogP contribution is -2.27. The van der Waals surface area contributed by atoms with Crippen LogP contribution in [0.15, 0.2) is 24.3 Å². The third-order valence-corrected chi connectivity index (χ3v) is 2.60. The average Bonchev–Trinajstić information content (AvgIpc) is 2.31. The Labute approximate surface area is 97.1 Å². The van der Waals surface area contributed by atoms with Gasteiger partial charge in [-0.2, -0.15) is 0 Å². The third-order valence-electron chi connectivity index (χ3n) is 2.60. The molecule has 2 heteroatoms. The number of likely N-dealkylation sites (N-methyl/N-ethyl adjacent to an activating group) is 1. The number of nitrogens with one attached hydrogen (secondary N) is 1. The average molecular weight is 219 g/mol. The van der Waals surface area contributed by atoms with Gasteiger partial charge in [-0.25, -0.2) is 4.39 Å². The Morgan fingerprint density at radius 3 is 2.56 bits per heavy atom. The number of rotatable bonds is 5. The predicted octanol–water partition coefficient (Wildman–Crippen LogP) is 2.76. The van der Waals surface area contributed by atoms with E-state index in [1.807, 2.05) is 26.1 Å². The lowest BCUT2D eigenvalue weighted by atomic mass is 10.0. The van der Waals surface area contributed by atoms with E-state index < -0.39 is 0 Å². The lowest BCUT2D eigenvalue weighted by molar-refractivity contribution is 0.527. The normalized spacial score (nSPS) is 11.7. The molecule has 0 radical (unpaired) electrons. The Morgan fingerprint density at radius 1 is 1.31 bits per heavy atom. The molecule has 86 valence electrons. The molecule has 16 heavy (non-hydrogen) atoms. The summed E-state index contributed by atoms with van der Waals surface area (Å²) in [6.07, 6.45) is 2.85. The molecule has 1 unspecified atom stereocenters. The van der Waals surface area contributed by atoms with Gasteiger partial charge in [0.1, 0.15) is 5.82 Å². The number of hydrogen-bond acceptors (Lipinski definition) is 1. The van der Waals surface area contributed by atoms with Gasteiger partial charge in [0.05, 0.1) is 0 Å². The van der Waals surface area contributed by atoms with Crippen molar-refractivity contribution in [2.24, 2.45) is 0 Å². The van der Waals surface area contributed by atoms with Crippen LogP contribution in [0.25, 0.3) is 0 Å². The van der Waals surface area contributed by atoms with Gasteiger partial charge in [0.25, 0.3) is 0 Å². The van der Waals surface area contributed by atoms with Gasteiger partial charge in [-0.3, -0.25) is 0 Å². The second kappa shape index (κ2) is 7.03. The van der Waals surface area contributed by atoms with Crippen LogP contribution in [0.5, 0.6) is 0 Å². The highest BCUT2D eigenvalue weighted by molar-refractivity contribution is 5.17. The molecule has 0 aromatic heterocycles. The maximum atomic E-state index is 12.7. The fourth-order valence-electron chi connectivity index (χ4n) is 1.62. The summed E-state index contributed by atoms with van der Waals surface area (Å²) in [6, 6.07) is 7.10. The summed E-state index contributed by atoms with van der Waals surface area (Å²) in [4.78, 5) is 0. The zero-order valence-corrected chi connectivity index (χ0v) is 9.89. The van der Waals surface area contributed by atoms with Crippen molar-refractivity contribution in [1.29, 1.82) is 0 Å². The third kappa shape index (κ3) is 4.46. The highest BCUT2D eigenvalue weighted by Crippen LogP contribution is 2.08. The first-order valence-corrected chi connectivity index (χ1v) is 5.57. The molecule has 1 aromatic rings. The monoisotopic (exact) mass is 219 g/mol. The molecule has 0 aliphatic heterocycles. The first-order valence-electron chi connectivity index (χ1n) is 5.57. The van der Waals surface area contributed by atoms with Crippen LogP contribution in [0.3, 0.4) is 0 Å². The SMILES string of the molecule is CC#CCCC(Cc1ccc(F)cc1)NC. The summed E-state index contributed by atoms with van der Waals surface area (Å²) in [5.41, 5.74) is 1.16. The van der Waals surface area contributed by atoms with Crippen molar-refractivity contribution in [2.45, 2.75) is 32.2 Å². The van der Waals surface area contributed by atoms with E-state index in [0.717, 1.165) is 24.8 Å². The van der Waals surface area contributed by atoms with Crippen molar-refractivity contribution in [3.8, 4) is 11.8 Å². The Kier molecular flexibility index (Phi) is 5.60. The van der Waals surface area contributed by atoms with Crippen molar-refractivity contribution in [2.75, 3.05) is 7.05 Å². The van der Waals surface area contributed by atoms with E-state index in [9.17, 15) is 4.39 Å². The molecule has 1 N–H and O–H groups in total. The molecule has 1 atom stereocenters. The Balaban J connectivity index is 2.48. The van der Waals surface area contributed by atoms with Gasteiger partial charge in [0.15, 0.2) is 0 Å². The first-order chi connectivity index (χ1) is 7.76. The minimum atomic E-state index is -0.179. The molecule has 0 saturated heterocycles. The zero-order valence-electron chi connectivity index (χ0n) is 9.89. The summed E-state index contributed by atoms with van der Waals surface area (Å²) in [5.74, 6) is 5.77. The molecule has 0 heterocycles. The summed E-state index contributed by atoms with van der Waals surface area (Å²) in [5, 5.41) is 3.26. The molecule has 0 bridgehead atoms. The van der Waals surface area contributed by atoms with E-state index in [4.69, 9.17) is 0 Å². The van der Waals surface area contributed by atoms with Crippen LogP contribution in [0.2, 0.25) is 0 Å². The molecular weight excluding hydrogens is 201 g/mol. The number of benzene rings is 1. The van der Waals surface area contributed by atoms with Crippen LogP contribution in [0.4, 0.5) is 4.39 Å². The van der Waals surface area contributed by atoms with Crippen LogP contribution in [-0.2, 0) is 6.42 Å². The first kappa shape index (κ1) is 12.7. The van der Waals surface area contributed by atoms with Crippen LogP contribution < -0.4 is 5.32 Å². The van der Waals surface area contributed by atoms with Crippen LogP contribution in [0, 0.1) is 17.7 Å². The largest absolute Gasteiger partial charge is 0.317 e. The second-order valence-electron chi connectivity index (χ2n) is 3.78. The van der Waals surface area contributed by atoms with Crippen molar-refractivity contribution in [1.82, 2.24) is 5.32 Å². The van der Waals surface area contributed by atoms with E-state index >= 15 is 0 Å². The van der Waals surface area contributed by atoms with Gasteiger partial charge in [-0.15, -0.1) is 11.8 Å². The molecule has 0 aliphatic carbocycles. The highest BCUT2D eigenvalue weighted by Gasteiger charge is 2.06. The molecular formula is C14H18FN. The maximum absolute atomic E-state index is 12.7. The smallest absolute Gasteiger partial charge is 0.123 e. The molecule has 1 nitrogen and oxygen atoms in total.